The fourth-order valence-corrected chi connectivity index (χ4v) is 3.19. The number of nitrogens with zero attached hydrogens (tertiary/aromatic N) is 1. The second-order valence-electron chi connectivity index (χ2n) is 6.76. The molecule has 1 saturated carbocycles. The molecule has 2 rings (SSSR count). The third kappa shape index (κ3) is 3.06. The van der Waals surface area contributed by atoms with E-state index in [2.05, 4.69) is 4.85 Å². The van der Waals surface area contributed by atoms with Gasteiger partial charge in [-0.15, -0.1) is 0 Å². The Morgan fingerprint density at radius 3 is 1.65 bits per heavy atom. The molecule has 0 saturated heterocycles. The highest BCUT2D eigenvalue weighted by molar-refractivity contribution is 6.02. The predicted molar refractivity (Wildman–Crippen MR) is 79.0 cm³/mol. The molecule has 188 valence electrons. The lowest BCUT2D eigenvalue weighted by Gasteiger charge is -2.37. The minimum Gasteiger partial charge on any atom is -0.872 e. The molecule has 0 spiro atoms. The second-order valence-corrected chi connectivity index (χ2v) is 6.76. The van der Waals surface area contributed by atoms with Gasteiger partial charge in [-0.2, -0.15) is 61.5 Å². The molecule has 0 amide bonds. The molecule has 0 bridgehead atoms. The van der Waals surface area contributed by atoms with E-state index in [4.69, 9.17) is 6.57 Å². The molecular weight excluding hydrogens is 516 g/mol. The smallest absolute Gasteiger partial charge is 0.414 e. The number of carbonyl (C=O) groups is 1. The van der Waals surface area contributed by atoms with Crippen LogP contribution in [0.4, 0.5) is 67.2 Å². The standard InChI is InChI=1S/C17H5F14NO2/c1-32-8-3-2-6(4-7(8)12(18,19)20)9(33)5-10(34)11(17(29,30)31)13(21,22)15(25,26)16(27,28)14(11,23)24/h2-5,33H/p-1/b9-5-. The number of hydrogen-bond donors (Lipinski definition) is 0. The quantitative estimate of drug-likeness (QED) is 0.225. The van der Waals surface area contributed by atoms with Gasteiger partial charge in [0, 0.05) is 0 Å². The van der Waals surface area contributed by atoms with Crippen molar-refractivity contribution >= 4 is 17.2 Å². The number of alkyl halides is 14. The lowest BCUT2D eigenvalue weighted by atomic mass is 9.74. The van der Waals surface area contributed by atoms with E-state index >= 15 is 0 Å². The van der Waals surface area contributed by atoms with E-state index in [9.17, 15) is 71.4 Å². The van der Waals surface area contributed by atoms with Crippen molar-refractivity contribution in [1.29, 1.82) is 0 Å². The van der Waals surface area contributed by atoms with Crippen LogP contribution in [0.25, 0.3) is 10.6 Å². The Kier molecular flexibility index (Phi) is 5.77. The third-order valence-corrected chi connectivity index (χ3v) is 4.89. The van der Waals surface area contributed by atoms with E-state index in [0.29, 0.717) is 0 Å². The van der Waals surface area contributed by atoms with E-state index < -0.39 is 75.9 Å². The molecule has 0 atom stereocenters. The first-order valence-corrected chi connectivity index (χ1v) is 8.07. The monoisotopic (exact) mass is 520 g/mol. The predicted octanol–water partition coefficient (Wildman–Crippen LogP) is 5.63. The van der Waals surface area contributed by atoms with Crippen LogP contribution < -0.4 is 5.11 Å². The molecule has 0 aliphatic heterocycles. The zero-order valence-corrected chi connectivity index (χ0v) is 15.4. The Morgan fingerprint density at radius 1 is 0.853 bits per heavy atom. The van der Waals surface area contributed by atoms with Crippen LogP contribution in [0.1, 0.15) is 11.1 Å². The molecule has 1 fully saturated rings. The molecule has 1 aromatic rings. The van der Waals surface area contributed by atoms with Gasteiger partial charge in [0.1, 0.15) is 0 Å². The molecular formula is C17H4F14NO2-. The Labute approximate surface area is 178 Å². The number of rotatable bonds is 3. The van der Waals surface area contributed by atoms with Crippen molar-refractivity contribution in [2.75, 3.05) is 0 Å². The van der Waals surface area contributed by atoms with Crippen molar-refractivity contribution in [2.45, 2.75) is 36.0 Å². The average Bonchev–Trinajstić information content (AvgIpc) is 2.70. The van der Waals surface area contributed by atoms with Gasteiger partial charge in [-0.05, 0) is 11.6 Å². The van der Waals surface area contributed by atoms with Crippen LogP contribution in [-0.4, -0.2) is 35.6 Å². The maximum absolute atomic E-state index is 14.0. The highest BCUT2D eigenvalue weighted by Crippen LogP contribution is 2.75. The molecule has 3 nitrogen and oxygen atoms in total. The van der Waals surface area contributed by atoms with Crippen LogP contribution in [0.15, 0.2) is 24.3 Å². The van der Waals surface area contributed by atoms with Crippen LogP contribution in [0.5, 0.6) is 0 Å². The van der Waals surface area contributed by atoms with Gasteiger partial charge in [0.05, 0.1) is 12.1 Å². The van der Waals surface area contributed by atoms with E-state index in [1.807, 2.05) is 0 Å². The number of hydrogen-bond acceptors (Lipinski definition) is 2. The lowest BCUT2D eigenvalue weighted by molar-refractivity contribution is -0.341. The molecule has 1 aromatic carbocycles. The Morgan fingerprint density at radius 2 is 1.29 bits per heavy atom. The molecule has 0 unspecified atom stereocenters. The first-order valence-electron chi connectivity index (χ1n) is 8.07. The summed E-state index contributed by atoms with van der Waals surface area (Å²) in [5, 5.41) is 12.0. The van der Waals surface area contributed by atoms with Crippen molar-refractivity contribution in [3.8, 4) is 0 Å². The summed E-state index contributed by atoms with van der Waals surface area (Å²) in [5.74, 6) is -36.4. The average molecular weight is 520 g/mol. The van der Waals surface area contributed by atoms with E-state index in [0.717, 1.165) is 0 Å². The van der Waals surface area contributed by atoms with Crippen LogP contribution in [-0.2, 0) is 11.0 Å². The Hall–Kier alpha value is -3.06. The van der Waals surface area contributed by atoms with Crippen molar-refractivity contribution in [2.24, 2.45) is 5.41 Å². The Bertz CT molecular complexity index is 1060. The lowest BCUT2D eigenvalue weighted by Crippen LogP contribution is -2.64. The third-order valence-electron chi connectivity index (χ3n) is 4.89. The second kappa shape index (κ2) is 7.22. The molecule has 34 heavy (non-hydrogen) atoms. The molecule has 1 aliphatic rings. The van der Waals surface area contributed by atoms with E-state index in [1.54, 1.807) is 0 Å². The van der Waals surface area contributed by atoms with Crippen molar-refractivity contribution in [1.82, 2.24) is 0 Å². The molecule has 0 heterocycles. The number of benzene rings is 1. The fraction of sp³-hybridized carbons (Fsp3) is 0.412. The SMILES string of the molecule is [C-]#[N+]c1ccc(/C([O-])=C/C(=O)C2(C(F)(F)F)C(F)(F)C(F)(F)C(F)(F)C2(F)F)cc1C(F)(F)F. The van der Waals surface area contributed by atoms with E-state index in [-0.39, 0.29) is 18.2 Å². The van der Waals surface area contributed by atoms with Crippen molar-refractivity contribution in [3.05, 3.63) is 46.8 Å². The minimum atomic E-state index is -7.53. The summed E-state index contributed by atoms with van der Waals surface area (Å²) in [4.78, 5) is 14.3. The number of ketones is 1. The summed E-state index contributed by atoms with van der Waals surface area (Å²) in [6.45, 7) is 6.57. The molecule has 1 aliphatic carbocycles. The molecule has 0 radical (unpaired) electrons. The topological polar surface area (TPSA) is 44.5 Å². The van der Waals surface area contributed by atoms with Gasteiger partial charge in [-0.25, -0.2) is 4.85 Å². The summed E-state index contributed by atoms with van der Waals surface area (Å²) in [5.41, 5.74) is -11.8. The van der Waals surface area contributed by atoms with Gasteiger partial charge < -0.3 is 5.11 Å². The van der Waals surface area contributed by atoms with Crippen LogP contribution >= 0.6 is 0 Å². The van der Waals surface area contributed by atoms with Gasteiger partial charge in [-0.3, -0.25) is 4.79 Å². The summed E-state index contributed by atoms with van der Waals surface area (Å²) in [7, 11) is 0. The molecule has 0 aromatic heterocycles. The van der Waals surface area contributed by atoms with Crippen LogP contribution in [0.2, 0.25) is 0 Å². The minimum absolute atomic E-state index is 0.224. The first-order chi connectivity index (χ1) is 15.0. The maximum atomic E-state index is 14.0. The normalized spacial score (nSPS) is 22.8. The number of carbonyl (C=O) groups excluding carboxylic acids is 1. The fourth-order valence-electron chi connectivity index (χ4n) is 3.19. The highest BCUT2D eigenvalue weighted by Gasteiger charge is 3.06. The van der Waals surface area contributed by atoms with Crippen molar-refractivity contribution < 1.29 is 71.4 Å². The van der Waals surface area contributed by atoms with Crippen molar-refractivity contribution in [3.63, 3.8) is 0 Å². The van der Waals surface area contributed by atoms with Gasteiger partial charge in [-0.1, -0.05) is 24.0 Å². The van der Waals surface area contributed by atoms with Crippen LogP contribution in [0.3, 0.4) is 0 Å². The Balaban J connectivity index is 2.84. The number of allylic oxidation sites excluding steroid dienone is 1. The van der Waals surface area contributed by atoms with Gasteiger partial charge in [0.25, 0.3) is 5.41 Å². The van der Waals surface area contributed by atoms with Gasteiger partial charge in [0.15, 0.2) is 11.5 Å². The maximum Gasteiger partial charge on any atom is 0.414 e. The highest BCUT2D eigenvalue weighted by atomic mass is 19.4. The molecule has 17 heteroatoms. The molecule has 0 N–H and O–H groups in total. The largest absolute Gasteiger partial charge is 0.872 e. The summed E-state index contributed by atoms with van der Waals surface area (Å²) in [6, 6.07) is 0.166. The first kappa shape index (κ1) is 27.2. The van der Waals surface area contributed by atoms with E-state index in [1.165, 1.54) is 0 Å². The van der Waals surface area contributed by atoms with Gasteiger partial charge >= 0.3 is 36.0 Å². The summed E-state index contributed by atoms with van der Waals surface area (Å²) in [6.07, 6.45) is -14.3. The summed E-state index contributed by atoms with van der Waals surface area (Å²) < 4.78 is 189. The zero-order chi connectivity index (χ0) is 26.9. The summed E-state index contributed by atoms with van der Waals surface area (Å²) >= 11 is 0. The zero-order valence-electron chi connectivity index (χ0n) is 15.4. The van der Waals surface area contributed by atoms with Gasteiger partial charge in [0.2, 0.25) is 0 Å². The number of halogens is 14. The van der Waals surface area contributed by atoms with Crippen LogP contribution in [0, 0.1) is 12.0 Å².